The van der Waals surface area contributed by atoms with Gasteiger partial charge in [-0.15, -0.1) is 0 Å². The molecule has 5 nitrogen and oxygen atoms in total. The van der Waals surface area contributed by atoms with E-state index in [0.29, 0.717) is 12.5 Å². The predicted molar refractivity (Wildman–Crippen MR) is 114 cm³/mol. The van der Waals surface area contributed by atoms with Gasteiger partial charge >= 0.3 is 0 Å². The summed E-state index contributed by atoms with van der Waals surface area (Å²) in [6, 6.07) is 12.0. The number of carbonyl (C=O) groups excluding carboxylic acids is 2. The summed E-state index contributed by atoms with van der Waals surface area (Å²) in [7, 11) is 0. The lowest BCUT2D eigenvalue weighted by atomic mass is 9.96. The Morgan fingerprint density at radius 2 is 1.90 bits per heavy atom. The van der Waals surface area contributed by atoms with E-state index in [9.17, 15) is 9.59 Å². The summed E-state index contributed by atoms with van der Waals surface area (Å²) in [4.78, 5) is 29.6. The number of carbonyl (C=O) groups is 2. The third kappa shape index (κ3) is 4.45. The molecule has 2 aromatic rings. The molecule has 154 valence electrons. The van der Waals surface area contributed by atoms with Crippen LogP contribution in [0.25, 0.3) is 0 Å². The number of fused-ring (bicyclic) bond motifs is 1. The third-order valence-electron chi connectivity index (χ3n) is 6.33. The van der Waals surface area contributed by atoms with Gasteiger partial charge in [0.1, 0.15) is 0 Å². The SMILES string of the molecule is CCCCc1cccn1C(=O)CN1CCC(CN2Cc3ccccc3C2=O)CC1. The predicted octanol–water partition coefficient (Wildman–Crippen LogP) is 3.84. The van der Waals surface area contributed by atoms with Crippen molar-refractivity contribution in [3.63, 3.8) is 0 Å². The van der Waals surface area contributed by atoms with Gasteiger partial charge in [-0.25, -0.2) is 0 Å². The fraction of sp³-hybridized carbons (Fsp3) is 0.500. The monoisotopic (exact) mass is 393 g/mol. The molecule has 0 saturated carbocycles. The number of aryl methyl sites for hydroxylation is 1. The van der Waals surface area contributed by atoms with E-state index in [2.05, 4.69) is 24.0 Å². The lowest BCUT2D eigenvalue weighted by molar-refractivity contribution is 0.0697. The molecule has 0 N–H and O–H groups in total. The minimum absolute atomic E-state index is 0.171. The van der Waals surface area contributed by atoms with E-state index in [-0.39, 0.29) is 11.8 Å². The maximum atomic E-state index is 12.8. The van der Waals surface area contributed by atoms with Gasteiger partial charge in [0.2, 0.25) is 5.91 Å². The van der Waals surface area contributed by atoms with E-state index in [1.165, 1.54) is 0 Å². The number of amides is 1. The number of nitrogens with zero attached hydrogens (tertiary/aromatic N) is 3. The van der Waals surface area contributed by atoms with E-state index in [1.54, 1.807) is 0 Å². The van der Waals surface area contributed by atoms with Gasteiger partial charge < -0.3 is 4.90 Å². The second kappa shape index (κ2) is 8.95. The average Bonchev–Trinajstić information content (AvgIpc) is 3.33. The van der Waals surface area contributed by atoms with Crippen molar-refractivity contribution < 1.29 is 9.59 Å². The van der Waals surface area contributed by atoms with E-state index in [1.807, 2.05) is 39.9 Å². The fourth-order valence-corrected chi connectivity index (χ4v) is 4.59. The van der Waals surface area contributed by atoms with Gasteiger partial charge in [0.25, 0.3) is 5.91 Å². The zero-order chi connectivity index (χ0) is 20.2. The third-order valence-corrected chi connectivity index (χ3v) is 6.33. The highest BCUT2D eigenvalue weighted by molar-refractivity contribution is 5.98. The van der Waals surface area contributed by atoms with Crippen LogP contribution in [-0.4, -0.2) is 52.4 Å². The van der Waals surface area contributed by atoms with Crippen molar-refractivity contribution >= 4 is 11.8 Å². The van der Waals surface area contributed by atoms with Gasteiger partial charge in [-0.1, -0.05) is 31.5 Å². The fourth-order valence-electron chi connectivity index (χ4n) is 4.59. The van der Waals surface area contributed by atoms with E-state index in [0.717, 1.165) is 75.1 Å². The summed E-state index contributed by atoms with van der Waals surface area (Å²) in [5.41, 5.74) is 3.13. The largest absolute Gasteiger partial charge is 0.334 e. The number of hydrogen-bond donors (Lipinski definition) is 0. The second-order valence-electron chi connectivity index (χ2n) is 8.43. The van der Waals surface area contributed by atoms with Crippen LogP contribution >= 0.6 is 0 Å². The molecule has 0 spiro atoms. The van der Waals surface area contributed by atoms with Crippen LogP contribution < -0.4 is 0 Å². The summed E-state index contributed by atoms with van der Waals surface area (Å²) in [6.07, 6.45) is 7.20. The molecule has 4 rings (SSSR count). The molecular formula is C24H31N3O2. The molecule has 0 atom stereocenters. The highest BCUT2D eigenvalue weighted by Gasteiger charge is 2.30. The summed E-state index contributed by atoms with van der Waals surface area (Å²) in [5.74, 6) is 0.862. The number of aromatic nitrogens is 1. The Hall–Kier alpha value is -2.40. The number of piperidine rings is 1. The number of benzene rings is 1. The zero-order valence-corrected chi connectivity index (χ0v) is 17.3. The Balaban J connectivity index is 1.26. The van der Waals surface area contributed by atoms with E-state index >= 15 is 0 Å². The molecule has 5 heteroatoms. The number of hydrogen-bond acceptors (Lipinski definition) is 3. The number of rotatable bonds is 7. The summed E-state index contributed by atoms with van der Waals surface area (Å²) < 4.78 is 1.84. The van der Waals surface area contributed by atoms with Crippen LogP contribution in [0, 0.1) is 5.92 Å². The van der Waals surface area contributed by atoms with Crippen LogP contribution in [0.2, 0.25) is 0 Å². The molecule has 1 amide bonds. The normalized spacial score (nSPS) is 17.7. The molecule has 0 radical (unpaired) electrons. The van der Waals surface area contributed by atoms with Gasteiger partial charge in [0, 0.05) is 30.5 Å². The van der Waals surface area contributed by atoms with Gasteiger partial charge in [0.15, 0.2) is 0 Å². The standard InChI is InChI=1S/C24H31N3O2/c1-2-3-8-21-9-6-13-27(21)23(28)18-25-14-11-19(12-15-25)16-26-17-20-7-4-5-10-22(20)24(26)29/h4-7,9-10,13,19H,2-3,8,11-12,14-18H2,1H3. The van der Waals surface area contributed by atoms with Crippen molar-refractivity contribution in [2.45, 2.75) is 45.6 Å². The zero-order valence-electron chi connectivity index (χ0n) is 17.3. The average molecular weight is 394 g/mol. The minimum atomic E-state index is 0.171. The van der Waals surface area contributed by atoms with E-state index in [4.69, 9.17) is 0 Å². The molecule has 1 aromatic carbocycles. The van der Waals surface area contributed by atoms with Crippen LogP contribution in [0.4, 0.5) is 0 Å². The Labute approximate surface area is 173 Å². The molecule has 0 unspecified atom stereocenters. The van der Waals surface area contributed by atoms with Crippen LogP contribution in [0.1, 0.15) is 59.0 Å². The van der Waals surface area contributed by atoms with Gasteiger partial charge in [0.05, 0.1) is 6.54 Å². The lowest BCUT2D eigenvalue weighted by Gasteiger charge is -2.33. The van der Waals surface area contributed by atoms with Gasteiger partial charge in [-0.2, -0.15) is 0 Å². The van der Waals surface area contributed by atoms with Crippen molar-refractivity contribution in [2.75, 3.05) is 26.2 Å². The summed E-state index contributed by atoms with van der Waals surface area (Å²) in [5, 5.41) is 0. The molecule has 2 aliphatic rings. The Morgan fingerprint density at radius 3 is 2.66 bits per heavy atom. The number of likely N-dealkylation sites (tertiary alicyclic amines) is 1. The van der Waals surface area contributed by atoms with Gasteiger partial charge in [-0.05, 0) is 68.5 Å². The molecule has 29 heavy (non-hydrogen) atoms. The Morgan fingerprint density at radius 1 is 1.10 bits per heavy atom. The molecule has 0 bridgehead atoms. The topological polar surface area (TPSA) is 45.6 Å². The van der Waals surface area contributed by atoms with Crippen molar-refractivity contribution in [2.24, 2.45) is 5.92 Å². The highest BCUT2D eigenvalue weighted by atomic mass is 16.2. The highest BCUT2D eigenvalue weighted by Crippen LogP contribution is 2.26. The lowest BCUT2D eigenvalue weighted by Crippen LogP contribution is -2.41. The van der Waals surface area contributed by atoms with Crippen LogP contribution in [0.3, 0.4) is 0 Å². The van der Waals surface area contributed by atoms with E-state index < -0.39 is 0 Å². The van der Waals surface area contributed by atoms with Crippen molar-refractivity contribution in [3.05, 3.63) is 59.4 Å². The molecule has 1 aromatic heterocycles. The number of unbranched alkanes of at least 4 members (excludes halogenated alkanes) is 1. The molecular weight excluding hydrogens is 362 g/mol. The van der Waals surface area contributed by atoms with Crippen molar-refractivity contribution in [1.29, 1.82) is 0 Å². The maximum absolute atomic E-state index is 12.8. The smallest absolute Gasteiger partial charge is 0.254 e. The summed E-state index contributed by atoms with van der Waals surface area (Å²) >= 11 is 0. The molecule has 1 saturated heterocycles. The maximum Gasteiger partial charge on any atom is 0.254 e. The van der Waals surface area contributed by atoms with Crippen molar-refractivity contribution in [3.8, 4) is 0 Å². The quantitative estimate of drug-likeness (QED) is 0.718. The van der Waals surface area contributed by atoms with Gasteiger partial charge in [-0.3, -0.25) is 19.1 Å². The first-order chi connectivity index (χ1) is 14.2. The first kappa shape index (κ1) is 19.9. The van der Waals surface area contributed by atoms with Crippen LogP contribution in [-0.2, 0) is 13.0 Å². The van der Waals surface area contributed by atoms with Crippen molar-refractivity contribution in [1.82, 2.24) is 14.4 Å². The first-order valence-corrected chi connectivity index (χ1v) is 10.9. The van der Waals surface area contributed by atoms with Crippen LogP contribution in [0.15, 0.2) is 42.6 Å². The summed E-state index contributed by atoms with van der Waals surface area (Å²) in [6.45, 7) is 6.08. The molecule has 0 aliphatic carbocycles. The molecule has 2 aliphatic heterocycles. The Kier molecular flexibility index (Phi) is 6.14. The first-order valence-electron chi connectivity index (χ1n) is 10.9. The molecule has 1 fully saturated rings. The minimum Gasteiger partial charge on any atom is -0.334 e. The second-order valence-corrected chi connectivity index (χ2v) is 8.43. The Bertz CT molecular complexity index is 865. The molecule has 3 heterocycles. The van der Waals surface area contributed by atoms with Crippen LogP contribution in [0.5, 0.6) is 0 Å².